The van der Waals surface area contributed by atoms with Crippen LogP contribution in [0.25, 0.3) is 0 Å². The highest BCUT2D eigenvalue weighted by atomic mass is 16.6. The zero-order chi connectivity index (χ0) is 22.8. The standard InChI is InChI=1S/C24H26N4O4/c1-18(20-6-12-23(13-7-20)32-17-19-4-2-14-25-16-19)27-24(29)5-3-15-26-21-8-10-22(11-9-21)28(30)31/h2,4,6-14,16,18,26H,3,5,15,17H2,1H3,(H,27,29). The first-order valence-corrected chi connectivity index (χ1v) is 10.4. The summed E-state index contributed by atoms with van der Waals surface area (Å²) >= 11 is 0. The van der Waals surface area contributed by atoms with Gasteiger partial charge in [-0.15, -0.1) is 0 Å². The van der Waals surface area contributed by atoms with Gasteiger partial charge in [0.2, 0.25) is 5.91 Å². The van der Waals surface area contributed by atoms with Gasteiger partial charge in [0.05, 0.1) is 11.0 Å². The van der Waals surface area contributed by atoms with Crippen LogP contribution in [0.15, 0.2) is 73.1 Å². The molecule has 1 aromatic heterocycles. The lowest BCUT2D eigenvalue weighted by Gasteiger charge is -2.15. The van der Waals surface area contributed by atoms with Crippen LogP contribution in [0.3, 0.4) is 0 Å². The van der Waals surface area contributed by atoms with Crippen molar-refractivity contribution in [1.82, 2.24) is 10.3 Å². The van der Waals surface area contributed by atoms with Gasteiger partial charge in [-0.2, -0.15) is 0 Å². The van der Waals surface area contributed by atoms with Crippen molar-refractivity contribution in [2.75, 3.05) is 11.9 Å². The molecular formula is C24H26N4O4. The maximum absolute atomic E-state index is 12.2. The Labute approximate surface area is 186 Å². The van der Waals surface area contributed by atoms with E-state index >= 15 is 0 Å². The van der Waals surface area contributed by atoms with Gasteiger partial charge in [0.15, 0.2) is 0 Å². The first kappa shape index (κ1) is 22.7. The first-order chi connectivity index (χ1) is 15.5. The summed E-state index contributed by atoms with van der Waals surface area (Å²) in [5.74, 6) is 0.730. The third kappa shape index (κ3) is 7.09. The topological polar surface area (TPSA) is 106 Å². The number of anilines is 1. The van der Waals surface area contributed by atoms with Crippen LogP contribution in [-0.4, -0.2) is 22.4 Å². The first-order valence-electron chi connectivity index (χ1n) is 10.4. The summed E-state index contributed by atoms with van der Waals surface area (Å²) < 4.78 is 5.76. The SMILES string of the molecule is CC(NC(=O)CCCNc1ccc([N+](=O)[O-])cc1)c1ccc(OCc2cccnc2)cc1. The number of nitro groups is 1. The van der Waals surface area contributed by atoms with E-state index in [9.17, 15) is 14.9 Å². The quantitative estimate of drug-likeness (QED) is 0.259. The molecule has 32 heavy (non-hydrogen) atoms. The third-order valence-corrected chi connectivity index (χ3v) is 4.87. The van der Waals surface area contributed by atoms with Gasteiger partial charge >= 0.3 is 0 Å². The molecule has 1 unspecified atom stereocenters. The lowest BCUT2D eigenvalue weighted by Crippen LogP contribution is -2.26. The minimum Gasteiger partial charge on any atom is -0.489 e. The average molecular weight is 434 g/mol. The Morgan fingerprint density at radius 3 is 2.53 bits per heavy atom. The van der Waals surface area contributed by atoms with E-state index in [-0.39, 0.29) is 17.6 Å². The van der Waals surface area contributed by atoms with Gasteiger partial charge in [0.25, 0.3) is 5.69 Å². The van der Waals surface area contributed by atoms with E-state index in [1.165, 1.54) is 12.1 Å². The van der Waals surface area contributed by atoms with Crippen LogP contribution in [0.2, 0.25) is 0 Å². The number of hydrogen-bond donors (Lipinski definition) is 2. The molecular weight excluding hydrogens is 408 g/mol. The fourth-order valence-corrected chi connectivity index (χ4v) is 3.08. The molecule has 1 amide bonds. The van der Waals surface area contributed by atoms with Gasteiger partial charge < -0.3 is 15.4 Å². The molecule has 8 nitrogen and oxygen atoms in total. The van der Waals surface area contributed by atoms with E-state index in [4.69, 9.17) is 4.74 Å². The number of benzene rings is 2. The van der Waals surface area contributed by atoms with Gasteiger partial charge in [-0.25, -0.2) is 0 Å². The molecule has 0 aliphatic carbocycles. The van der Waals surface area contributed by atoms with Gasteiger partial charge in [0, 0.05) is 48.7 Å². The van der Waals surface area contributed by atoms with Crippen molar-refractivity contribution in [3.63, 3.8) is 0 Å². The van der Waals surface area contributed by atoms with Crippen molar-refractivity contribution >= 4 is 17.3 Å². The van der Waals surface area contributed by atoms with E-state index in [2.05, 4.69) is 15.6 Å². The Hall–Kier alpha value is -3.94. The number of nitro benzene ring substituents is 1. The van der Waals surface area contributed by atoms with E-state index in [1.807, 2.05) is 43.3 Å². The number of non-ortho nitro benzene ring substituents is 1. The molecule has 0 saturated heterocycles. The van der Waals surface area contributed by atoms with Crippen molar-refractivity contribution < 1.29 is 14.5 Å². The van der Waals surface area contributed by atoms with Gasteiger partial charge in [0.1, 0.15) is 12.4 Å². The molecule has 3 rings (SSSR count). The van der Waals surface area contributed by atoms with E-state index in [1.54, 1.807) is 24.5 Å². The number of rotatable bonds is 11. The molecule has 0 spiro atoms. The van der Waals surface area contributed by atoms with Crippen LogP contribution >= 0.6 is 0 Å². The molecule has 0 aliphatic rings. The number of carbonyl (C=O) groups excluding carboxylic acids is 1. The predicted octanol–water partition coefficient (Wildman–Crippen LogP) is 4.64. The second kappa shape index (κ2) is 11.5. The van der Waals surface area contributed by atoms with Crippen LogP contribution in [-0.2, 0) is 11.4 Å². The third-order valence-electron chi connectivity index (χ3n) is 4.87. The Morgan fingerprint density at radius 1 is 1.12 bits per heavy atom. The molecule has 0 bridgehead atoms. The van der Waals surface area contributed by atoms with Gasteiger partial charge in [-0.1, -0.05) is 18.2 Å². The number of nitrogens with zero attached hydrogens (tertiary/aromatic N) is 2. The predicted molar refractivity (Wildman–Crippen MR) is 122 cm³/mol. The Bertz CT molecular complexity index is 1010. The van der Waals surface area contributed by atoms with E-state index in [0.29, 0.717) is 26.0 Å². The normalized spacial score (nSPS) is 11.4. The molecule has 2 N–H and O–H groups in total. The average Bonchev–Trinajstić information content (AvgIpc) is 2.82. The molecule has 1 atom stereocenters. The number of hydrogen-bond acceptors (Lipinski definition) is 6. The fourth-order valence-electron chi connectivity index (χ4n) is 3.08. The number of pyridine rings is 1. The zero-order valence-corrected chi connectivity index (χ0v) is 17.9. The number of ether oxygens (including phenoxy) is 1. The summed E-state index contributed by atoms with van der Waals surface area (Å²) in [7, 11) is 0. The Morgan fingerprint density at radius 2 is 1.88 bits per heavy atom. The van der Waals surface area contributed by atoms with Crippen molar-refractivity contribution in [2.45, 2.75) is 32.4 Å². The lowest BCUT2D eigenvalue weighted by atomic mass is 10.1. The maximum atomic E-state index is 12.2. The largest absolute Gasteiger partial charge is 0.489 e. The summed E-state index contributed by atoms with van der Waals surface area (Å²) in [6, 6.07) is 17.6. The summed E-state index contributed by atoms with van der Waals surface area (Å²) in [4.78, 5) is 26.5. The van der Waals surface area contributed by atoms with Gasteiger partial charge in [-0.05, 0) is 49.2 Å². The number of amides is 1. The minimum absolute atomic E-state index is 0.0279. The molecule has 8 heteroatoms. The minimum atomic E-state index is -0.432. The summed E-state index contributed by atoms with van der Waals surface area (Å²) in [5, 5.41) is 16.8. The van der Waals surface area contributed by atoms with Crippen molar-refractivity contribution in [3.8, 4) is 5.75 Å². The van der Waals surface area contributed by atoms with Crippen molar-refractivity contribution in [1.29, 1.82) is 0 Å². The van der Waals surface area contributed by atoms with E-state index in [0.717, 1.165) is 22.6 Å². The van der Waals surface area contributed by atoms with Crippen molar-refractivity contribution in [2.24, 2.45) is 0 Å². The number of carbonyl (C=O) groups is 1. The van der Waals surface area contributed by atoms with E-state index < -0.39 is 4.92 Å². The molecule has 0 saturated carbocycles. The molecule has 1 heterocycles. The Balaban J connectivity index is 1.36. The molecule has 166 valence electrons. The highest BCUT2D eigenvalue weighted by Crippen LogP contribution is 2.19. The summed E-state index contributed by atoms with van der Waals surface area (Å²) in [5.41, 5.74) is 2.84. The molecule has 2 aromatic carbocycles. The number of nitrogens with one attached hydrogen (secondary N) is 2. The van der Waals surface area contributed by atoms with Crippen LogP contribution < -0.4 is 15.4 Å². The highest BCUT2D eigenvalue weighted by molar-refractivity contribution is 5.76. The monoisotopic (exact) mass is 434 g/mol. The summed E-state index contributed by atoms with van der Waals surface area (Å²) in [6.45, 7) is 2.99. The molecule has 3 aromatic rings. The van der Waals surface area contributed by atoms with Crippen LogP contribution in [0.4, 0.5) is 11.4 Å². The van der Waals surface area contributed by atoms with Gasteiger partial charge in [-0.3, -0.25) is 19.9 Å². The molecule has 0 fully saturated rings. The second-order valence-corrected chi connectivity index (χ2v) is 7.34. The second-order valence-electron chi connectivity index (χ2n) is 7.34. The maximum Gasteiger partial charge on any atom is 0.269 e. The van der Waals surface area contributed by atoms with Crippen LogP contribution in [0.5, 0.6) is 5.75 Å². The van der Waals surface area contributed by atoms with Crippen LogP contribution in [0, 0.1) is 10.1 Å². The number of aromatic nitrogens is 1. The fraction of sp³-hybridized carbons (Fsp3) is 0.250. The lowest BCUT2D eigenvalue weighted by molar-refractivity contribution is -0.384. The molecule has 0 radical (unpaired) electrons. The Kier molecular flexibility index (Phi) is 8.14. The zero-order valence-electron chi connectivity index (χ0n) is 17.9. The van der Waals surface area contributed by atoms with Crippen LogP contribution in [0.1, 0.15) is 36.9 Å². The summed E-state index contributed by atoms with van der Waals surface area (Å²) in [6.07, 6.45) is 4.53. The highest BCUT2D eigenvalue weighted by Gasteiger charge is 2.10. The van der Waals surface area contributed by atoms with Crippen molar-refractivity contribution in [3.05, 3.63) is 94.3 Å². The molecule has 0 aliphatic heterocycles. The smallest absolute Gasteiger partial charge is 0.269 e.